The average molecular weight is 388 g/mol. The summed E-state index contributed by atoms with van der Waals surface area (Å²) in [5, 5.41) is 3.41. The minimum atomic E-state index is -0.293. The number of pyridine rings is 1. The van der Waals surface area contributed by atoms with Gasteiger partial charge in [0, 0.05) is 63.6 Å². The third kappa shape index (κ3) is 6.29. The van der Waals surface area contributed by atoms with Crippen molar-refractivity contribution >= 4 is 17.9 Å². The Bertz CT molecular complexity index is 671. The van der Waals surface area contributed by atoms with Gasteiger partial charge in [0.2, 0.25) is 0 Å². The number of carbonyl (C=O) groups is 1. The highest BCUT2D eigenvalue weighted by molar-refractivity contribution is 5.87. The van der Waals surface area contributed by atoms with E-state index >= 15 is 0 Å². The second kappa shape index (κ2) is 10.5. The Balaban J connectivity index is 1.49. The molecule has 0 saturated carbocycles. The molecule has 3 rings (SSSR count). The predicted octanol–water partition coefficient (Wildman–Crippen LogP) is 1.87. The van der Waals surface area contributed by atoms with E-state index in [2.05, 4.69) is 45.0 Å². The number of esters is 1. The van der Waals surface area contributed by atoms with Crippen LogP contribution in [0.4, 0.5) is 5.82 Å². The summed E-state index contributed by atoms with van der Waals surface area (Å²) in [4.78, 5) is 23.6. The molecule has 0 aliphatic carbocycles. The zero-order valence-corrected chi connectivity index (χ0v) is 17.2. The molecule has 1 aromatic heterocycles. The van der Waals surface area contributed by atoms with E-state index in [1.165, 1.54) is 11.6 Å². The summed E-state index contributed by atoms with van der Waals surface area (Å²) >= 11 is 0. The number of ether oxygens (including phenoxy) is 1. The number of hydrogen-bond acceptors (Lipinski definition) is 7. The molecule has 7 heteroatoms. The van der Waals surface area contributed by atoms with E-state index in [0.29, 0.717) is 6.61 Å². The molecule has 2 aliphatic rings. The highest BCUT2D eigenvalue weighted by atomic mass is 16.5. The number of likely N-dealkylation sites (N-methyl/N-ethyl adjacent to an activating group) is 1. The van der Waals surface area contributed by atoms with Gasteiger partial charge in [-0.15, -0.1) is 0 Å². The Kier molecular flexibility index (Phi) is 7.82. The highest BCUT2D eigenvalue weighted by Crippen LogP contribution is 2.21. The number of nitrogens with zero attached hydrogens (tertiary/aromatic N) is 4. The van der Waals surface area contributed by atoms with Crippen LogP contribution in [0.1, 0.15) is 30.9 Å². The fourth-order valence-corrected chi connectivity index (χ4v) is 3.43. The number of piperazine rings is 1. The minimum absolute atomic E-state index is 0.293. The maximum absolute atomic E-state index is 11.7. The number of aromatic nitrogens is 1. The van der Waals surface area contributed by atoms with E-state index < -0.39 is 0 Å². The topological polar surface area (TPSA) is 60.9 Å². The second-order valence-electron chi connectivity index (χ2n) is 7.66. The van der Waals surface area contributed by atoms with Gasteiger partial charge in [0.1, 0.15) is 5.82 Å². The molecule has 28 heavy (non-hydrogen) atoms. The lowest BCUT2D eigenvalue weighted by atomic mass is 10.1. The highest BCUT2D eigenvalue weighted by Gasteiger charge is 2.19. The Morgan fingerprint density at radius 3 is 2.82 bits per heavy atom. The van der Waals surface area contributed by atoms with Crippen LogP contribution in [0.15, 0.2) is 18.3 Å². The van der Waals surface area contributed by atoms with E-state index in [1.54, 1.807) is 12.3 Å². The average Bonchev–Trinajstić information content (AvgIpc) is 2.71. The summed E-state index contributed by atoms with van der Waals surface area (Å²) in [5.41, 5.74) is 2.10. The van der Waals surface area contributed by atoms with Gasteiger partial charge in [-0.25, -0.2) is 9.78 Å². The summed E-state index contributed by atoms with van der Waals surface area (Å²) in [6, 6.07) is 2.10. The van der Waals surface area contributed by atoms with Crippen molar-refractivity contribution in [2.24, 2.45) is 0 Å². The van der Waals surface area contributed by atoms with Crippen molar-refractivity contribution in [3.05, 3.63) is 29.5 Å². The van der Waals surface area contributed by atoms with Crippen LogP contribution in [0, 0.1) is 0 Å². The first kappa shape index (κ1) is 20.8. The van der Waals surface area contributed by atoms with Crippen molar-refractivity contribution < 1.29 is 9.53 Å². The molecular formula is C21H33N5O2. The monoisotopic (exact) mass is 387 g/mol. The van der Waals surface area contributed by atoms with E-state index in [1.807, 2.05) is 0 Å². The van der Waals surface area contributed by atoms with Gasteiger partial charge in [0.15, 0.2) is 0 Å². The fourth-order valence-electron chi connectivity index (χ4n) is 3.43. The van der Waals surface area contributed by atoms with Crippen LogP contribution in [0.3, 0.4) is 0 Å². The predicted molar refractivity (Wildman–Crippen MR) is 112 cm³/mol. The van der Waals surface area contributed by atoms with Crippen molar-refractivity contribution in [1.29, 1.82) is 0 Å². The number of hydrogen-bond donors (Lipinski definition) is 1. The van der Waals surface area contributed by atoms with Gasteiger partial charge in [0.25, 0.3) is 0 Å². The standard InChI is InChI=1S/C21H33N5O2/c1-3-4-13-28-20(27)6-5-18-14-19-16-26(17-23-21(19)22-15-18)12-11-25-9-7-24(2)8-10-25/h5-6,14-15H,3-4,7-13,16-17H2,1-2H3,(H,22,23). The van der Waals surface area contributed by atoms with Crippen LogP contribution in [0.5, 0.6) is 0 Å². The van der Waals surface area contributed by atoms with Crippen molar-refractivity contribution in [3.8, 4) is 0 Å². The smallest absolute Gasteiger partial charge is 0.330 e. The van der Waals surface area contributed by atoms with Crippen molar-refractivity contribution in [2.75, 3.05) is 64.9 Å². The molecule has 0 atom stereocenters. The number of carbonyl (C=O) groups excluding carboxylic acids is 1. The first-order chi connectivity index (χ1) is 13.6. The Labute approximate surface area is 168 Å². The van der Waals surface area contributed by atoms with Crippen LogP contribution in [0.2, 0.25) is 0 Å². The summed E-state index contributed by atoms with van der Waals surface area (Å²) < 4.78 is 5.16. The molecule has 154 valence electrons. The second-order valence-corrected chi connectivity index (χ2v) is 7.66. The van der Waals surface area contributed by atoms with Gasteiger partial charge >= 0.3 is 5.97 Å². The number of rotatable bonds is 8. The zero-order chi connectivity index (χ0) is 19.8. The summed E-state index contributed by atoms with van der Waals surface area (Å²) in [7, 11) is 2.19. The Morgan fingerprint density at radius 1 is 1.25 bits per heavy atom. The van der Waals surface area contributed by atoms with Crippen LogP contribution >= 0.6 is 0 Å². The van der Waals surface area contributed by atoms with Crippen molar-refractivity contribution in [2.45, 2.75) is 26.3 Å². The van der Waals surface area contributed by atoms with Crippen LogP contribution < -0.4 is 5.32 Å². The largest absolute Gasteiger partial charge is 0.463 e. The van der Waals surface area contributed by atoms with Crippen LogP contribution in [0.25, 0.3) is 6.08 Å². The molecule has 1 saturated heterocycles. The molecule has 7 nitrogen and oxygen atoms in total. The Morgan fingerprint density at radius 2 is 2.04 bits per heavy atom. The van der Waals surface area contributed by atoms with E-state index in [-0.39, 0.29) is 5.97 Å². The molecule has 0 spiro atoms. The molecule has 0 amide bonds. The molecule has 1 N–H and O–H groups in total. The third-order valence-corrected chi connectivity index (χ3v) is 5.33. The third-order valence-electron chi connectivity index (χ3n) is 5.33. The van der Waals surface area contributed by atoms with Crippen molar-refractivity contribution in [3.63, 3.8) is 0 Å². The molecule has 3 heterocycles. The SMILES string of the molecule is CCCCOC(=O)C=Cc1cnc2c(c1)CN(CCN1CCN(C)CC1)CN2. The van der Waals surface area contributed by atoms with E-state index in [9.17, 15) is 4.79 Å². The lowest BCUT2D eigenvalue weighted by Gasteiger charge is -2.35. The van der Waals surface area contributed by atoms with Gasteiger partial charge in [0.05, 0.1) is 13.3 Å². The maximum Gasteiger partial charge on any atom is 0.330 e. The van der Waals surface area contributed by atoms with Crippen molar-refractivity contribution in [1.82, 2.24) is 19.7 Å². The van der Waals surface area contributed by atoms with Gasteiger partial charge in [-0.2, -0.15) is 0 Å². The first-order valence-electron chi connectivity index (χ1n) is 10.3. The summed E-state index contributed by atoms with van der Waals surface area (Å²) in [6.07, 6.45) is 6.98. The van der Waals surface area contributed by atoms with E-state index in [4.69, 9.17) is 4.74 Å². The van der Waals surface area contributed by atoms with E-state index in [0.717, 1.165) is 76.7 Å². The zero-order valence-electron chi connectivity index (χ0n) is 17.2. The summed E-state index contributed by atoms with van der Waals surface area (Å²) in [6.45, 7) is 11.0. The van der Waals surface area contributed by atoms with Gasteiger partial charge in [-0.05, 0) is 31.2 Å². The van der Waals surface area contributed by atoms with Gasteiger partial charge < -0.3 is 15.0 Å². The molecule has 0 aromatic carbocycles. The quantitative estimate of drug-likeness (QED) is 0.415. The van der Waals surface area contributed by atoms with Gasteiger partial charge in [-0.3, -0.25) is 9.80 Å². The van der Waals surface area contributed by atoms with Gasteiger partial charge in [-0.1, -0.05) is 13.3 Å². The summed E-state index contributed by atoms with van der Waals surface area (Å²) in [5.74, 6) is 0.650. The molecule has 2 aliphatic heterocycles. The van der Waals surface area contributed by atoms with Crippen LogP contribution in [-0.2, 0) is 16.1 Å². The molecule has 0 bridgehead atoms. The number of anilines is 1. The first-order valence-corrected chi connectivity index (χ1v) is 10.3. The molecular weight excluding hydrogens is 354 g/mol. The maximum atomic E-state index is 11.7. The fraction of sp³-hybridized carbons (Fsp3) is 0.619. The molecule has 1 aromatic rings. The number of nitrogens with one attached hydrogen (secondary N) is 1. The minimum Gasteiger partial charge on any atom is -0.463 e. The number of fused-ring (bicyclic) bond motifs is 1. The molecule has 0 radical (unpaired) electrons. The lowest BCUT2D eigenvalue weighted by Crippen LogP contribution is -2.47. The van der Waals surface area contributed by atoms with Crippen LogP contribution in [-0.4, -0.2) is 85.2 Å². The normalized spacial score (nSPS) is 18.8. The lowest BCUT2D eigenvalue weighted by molar-refractivity contribution is -0.137. The Hall–Kier alpha value is -1.96. The number of unbranched alkanes of at least 4 members (excludes halogenated alkanes) is 1. The molecule has 1 fully saturated rings. The molecule has 0 unspecified atom stereocenters.